The van der Waals surface area contributed by atoms with Crippen molar-refractivity contribution in [1.82, 2.24) is 10.2 Å². The van der Waals surface area contributed by atoms with Gasteiger partial charge in [-0.15, -0.1) is 0 Å². The number of carbonyl (C=O) groups excluding carboxylic acids is 1. The molecule has 1 amide bonds. The Labute approximate surface area is 164 Å². The summed E-state index contributed by atoms with van der Waals surface area (Å²) in [6.07, 6.45) is 0. The third-order valence-corrected chi connectivity index (χ3v) is 4.72. The molecule has 7 heteroatoms. The van der Waals surface area contributed by atoms with Gasteiger partial charge >= 0.3 is 0 Å². The molecule has 1 N–H and O–H groups in total. The second-order valence-corrected chi connectivity index (χ2v) is 6.80. The fourth-order valence-electron chi connectivity index (χ4n) is 2.62. The van der Waals surface area contributed by atoms with Crippen LogP contribution in [0.4, 0.5) is 0 Å². The smallest absolute Gasteiger partial charge is 0.237 e. The molecular formula is C20H23ClN2O4. The summed E-state index contributed by atoms with van der Waals surface area (Å²) in [6, 6.07) is 12.6. The number of halogens is 1. The van der Waals surface area contributed by atoms with E-state index in [4.69, 9.17) is 25.8 Å². The molecule has 0 bridgehead atoms. The fraction of sp³-hybridized carbons (Fsp3) is 0.350. The van der Waals surface area contributed by atoms with Gasteiger partial charge in [-0.25, -0.2) is 0 Å². The van der Waals surface area contributed by atoms with Gasteiger partial charge in [0.2, 0.25) is 12.7 Å². The van der Waals surface area contributed by atoms with E-state index in [2.05, 4.69) is 5.32 Å². The van der Waals surface area contributed by atoms with E-state index in [1.54, 1.807) is 12.1 Å². The van der Waals surface area contributed by atoms with Crippen molar-refractivity contribution in [3.8, 4) is 17.2 Å². The largest absolute Gasteiger partial charge is 0.492 e. The van der Waals surface area contributed by atoms with E-state index < -0.39 is 0 Å². The van der Waals surface area contributed by atoms with E-state index in [1.807, 2.05) is 49.2 Å². The Bertz CT molecular complexity index is 782. The minimum absolute atomic E-state index is 0.0401. The molecule has 0 fully saturated rings. The van der Waals surface area contributed by atoms with Crippen LogP contribution in [0.2, 0.25) is 5.02 Å². The molecule has 6 nitrogen and oxygen atoms in total. The summed E-state index contributed by atoms with van der Waals surface area (Å²) in [7, 11) is 1.90. The Morgan fingerprint density at radius 1 is 1.22 bits per heavy atom. The maximum atomic E-state index is 12.4. The van der Waals surface area contributed by atoms with Gasteiger partial charge in [-0.1, -0.05) is 17.7 Å². The zero-order chi connectivity index (χ0) is 19.2. The first-order valence-electron chi connectivity index (χ1n) is 8.78. The highest BCUT2D eigenvalue weighted by molar-refractivity contribution is 6.30. The zero-order valence-electron chi connectivity index (χ0n) is 15.4. The van der Waals surface area contributed by atoms with Crippen LogP contribution in [0.3, 0.4) is 0 Å². The van der Waals surface area contributed by atoms with Crippen molar-refractivity contribution in [3.05, 3.63) is 53.1 Å². The van der Waals surface area contributed by atoms with Crippen LogP contribution in [0.1, 0.15) is 12.5 Å². The average molecular weight is 391 g/mol. The zero-order valence-corrected chi connectivity index (χ0v) is 16.2. The van der Waals surface area contributed by atoms with Crippen molar-refractivity contribution in [2.24, 2.45) is 0 Å². The molecular weight excluding hydrogens is 368 g/mol. The first-order valence-corrected chi connectivity index (χ1v) is 9.15. The number of likely N-dealkylation sites (N-methyl/N-ethyl adjacent to an activating group) is 1. The Morgan fingerprint density at radius 2 is 1.96 bits per heavy atom. The molecule has 1 atom stereocenters. The van der Waals surface area contributed by atoms with Crippen LogP contribution in [0.25, 0.3) is 0 Å². The molecule has 27 heavy (non-hydrogen) atoms. The standard InChI is InChI=1S/C20H23ClN2O4/c1-14(23(2)9-10-25-17-6-4-16(21)5-7-17)20(24)22-12-15-3-8-18-19(11-15)27-13-26-18/h3-8,11,14H,9-10,12-13H2,1-2H3,(H,22,24). The third-order valence-electron chi connectivity index (χ3n) is 4.47. The maximum absolute atomic E-state index is 12.4. The molecule has 144 valence electrons. The second-order valence-electron chi connectivity index (χ2n) is 6.36. The minimum Gasteiger partial charge on any atom is -0.492 e. The third kappa shape index (κ3) is 5.28. The number of hydrogen-bond acceptors (Lipinski definition) is 5. The van der Waals surface area contributed by atoms with E-state index in [9.17, 15) is 4.79 Å². The number of rotatable bonds is 8. The first kappa shape index (κ1) is 19.3. The predicted octanol–water partition coefficient (Wildman–Crippen LogP) is 3.08. The molecule has 0 saturated carbocycles. The van der Waals surface area contributed by atoms with E-state index in [-0.39, 0.29) is 18.7 Å². The van der Waals surface area contributed by atoms with Crippen LogP contribution in [0, 0.1) is 0 Å². The summed E-state index contributed by atoms with van der Waals surface area (Å²) in [5.41, 5.74) is 0.966. The Hall–Kier alpha value is -2.44. The molecule has 0 saturated heterocycles. The van der Waals surface area contributed by atoms with Gasteiger partial charge < -0.3 is 19.5 Å². The van der Waals surface area contributed by atoms with Crippen molar-refractivity contribution in [2.45, 2.75) is 19.5 Å². The molecule has 0 radical (unpaired) electrons. The summed E-state index contributed by atoms with van der Waals surface area (Å²) in [5.74, 6) is 2.17. The summed E-state index contributed by atoms with van der Waals surface area (Å²) >= 11 is 5.85. The molecule has 2 aromatic carbocycles. The van der Waals surface area contributed by atoms with Crippen LogP contribution in [0.5, 0.6) is 17.2 Å². The average Bonchev–Trinajstić information content (AvgIpc) is 3.14. The Morgan fingerprint density at radius 3 is 2.74 bits per heavy atom. The summed E-state index contributed by atoms with van der Waals surface area (Å²) in [4.78, 5) is 14.3. The number of nitrogens with one attached hydrogen (secondary N) is 1. The Kier molecular flexibility index (Phi) is 6.42. The summed E-state index contributed by atoms with van der Waals surface area (Å²) < 4.78 is 16.3. The van der Waals surface area contributed by atoms with Crippen LogP contribution in [0.15, 0.2) is 42.5 Å². The molecule has 0 aromatic heterocycles. The highest BCUT2D eigenvalue weighted by Gasteiger charge is 2.18. The van der Waals surface area contributed by atoms with Gasteiger partial charge in [0, 0.05) is 18.1 Å². The molecule has 3 rings (SSSR count). The number of nitrogens with zero attached hydrogens (tertiary/aromatic N) is 1. The van der Waals surface area contributed by atoms with Gasteiger partial charge in [-0.2, -0.15) is 0 Å². The number of amides is 1. The van der Waals surface area contributed by atoms with Crippen molar-refractivity contribution in [3.63, 3.8) is 0 Å². The van der Waals surface area contributed by atoms with Crippen molar-refractivity contribution in [2.75, 3.05) is 27.0 Å². The molecule has 1 heterocycles. The highest BCUT2D eigenvalue weighted by Crippen LogP contribution is 2.32. The number of fused-ring (bicyclic) bond motifs is 1. The van der Waals surface area contributed by atoms with Gasteiger partial charge in [-0.05, 0) is 55.9 Å². The van der Waals surface area contributed by atoms with Crippen molar-refractivity contribution >= 4 is 17.5 Å². The van der Waals surface area contributed by atoms with Gasteiger partial charge in [0.25, 0.3) is 0 Å². The lowest BCUT2D eigenvalue weighted by Gasteiger charge is -2.24. The number of ether oxygens (including phenoxy) is 3. The number of benzene rings is 2. The fourth-order valence-corrected chi connectivity index (χ4v) is 2.75. The normalized spacial score (nSPS) is 13.5. The monoisotopic (exact) mass is 390 g/mol. The van der Waals surface area contributed by atoms with Gasteiger partial charge in [0.15, 0.2) is 11.5 Å². The molecule has 2 aromatic rings. The minimum atomic E-state index is -0.271. The summed E-state index contributed by atoms with van der Waals surface area (Å²) in [6.45, 7) is 3.66. The second kappa shape index (κ2) is 8.97. The lowest BCUT2D eigenvalue weighted by atomic mass is 10.2. The summed E-state index contributed by atoms with van der Waals surface area (Å²) in [5, 5.41) is 3.63. The van der Waals surface area contributed by atoms with E-state index >= 15 is 0 Å². The van der Waals surface area contributed by atoms with Crippen LogP contribution in [-0.4, -0.2) is 43.8 Å². The Balaban J connectivity index is 1.41. The predicted molar refractivity (Wildman–Crippen MR) is 103 cm³/mol. The van der Waals surface area contributed by atoms with Crippen LogP contribution >= 0.6 is 11.6 Å². The molecule has 1 aliphatic heterocycles. The van der Waals surface area contributed by atoms with Crippen molar-refractivity contribution < 1.29 is 19.0 Å². The maximum Gasteiger partial charge on any atom is 0.237 e. The SMILES string of the molecule is CC(C(=O)NCc1ccc2c(c1)OCO2)N(C)CCOc1ccc(Cl)cc1. The molecule has 0 aliphatic carbocycles. The first-order chi connectivity index (χ1) is 13.0. The van der Waals surface area contributed by atoms with E-state index in [1.165, 1.54) is 0 Å². The lowest BCUT2D eigenvalue weighted by Crippen LogP contribution is -2.44. The number of hydrogen-bond donors (Lipinski definition) is 1. The van der Waals surface area contributed by atoms with Gasteiger partial charge in [-0.3, -0.25) is 9.69 Å². The lowest BCUT2D eigenvalue weighted by molar-refractivity contribution is -0.125. The van der Waals surface area contributed by atoms with E-state index in [0.29, 0.717) is 30.5 Å². The van der Waals surface area contributed by atoms with Crippen molar-refractivity contribution in [1.29, 1.82) is 0 Å². The highest BCUT2D eigenvalue weighted by atomic mass is 35.5. The van der Waals surface area contributed by atoms with Gasteiger partial charge in [0.1, 0.15) is 12.4 Å². The van der Waals surface area contributed by atoms with E-state index in [0.717, 1.165) is 17.1 Å². The molecule has 0 spiro atoms. The topological polar surface area (TPSA) is 60.0 Å². The van der Waals surface area contributed by atoms with Gasteiger partial charge in [0.05, 0.1) is 6.04 Å². The molecule has 1 unspecified atom stereocenters. The van der Waals surface area contributed by atoms with Crippen LogP contribution < -0.4 is 19.5 Å². The number of carbonyl (C=O) groups is 1. The quantitative estimate of drug-likeness (QED) is 0.750. The molecule has 1 aliphatic rings. The van der Waals surface area contributed by atoms with Crippen LogP contribution in [-0.2, 0) is 11.3 Å².